The zero-order chi connectivity index (χ0) is 26.7. The van der Waals surface area contributed by atoms with E-state index in [4.69, 9.17) is 18.9 Å². The smallest absolute Gasteiger partial charge is 0.335 e. The van der Waals surface area contributed by atoms with Crippen LogP contribution in [0, 0.1) is 0 Å². The molecule has 36 heavy (non-hydrogen) atoms. The van der Waals surface area contributed by atoms with E-state index < -0.39 is 29.7 Å². The largest absolute Gasteiger partial charge is 0.423 e. The van der Waals surface area contributed by atoms with Crippen LogP contribution in [0.5, 0.6) is 23.0 Å². The Morgan fingerprint density at radius 3 is 1.56 bits per heavy atom. The van der Waals surface area contributed by atoms with Gasteiger partial charge in [-0.05, 0) is 36.4 Å². The molecule has 0 aliphatic rings. The third-order valence-corrected chi connectivity index (χ3v) is 4.10. The van der Waals surface area contributed by atoms with E-state index in [1.54, 1.807) is 0 Å². The standard InChI is InChI=1S/C27H20O9/c1-5-24(29)33-19-11-9-17(23(16-19)36-27(32)8-4)10-12-22(28)18-13-20(34-25(30)6-2)15-21(14-18)35-26(31)7-3/h5-16H,1-4H2. The number of allylic oxidation sites excluding steroid dienone is 1. The van der Waals surface area contributed by atoms with Gasteiger partial charge in [-0.25, -0.2) is 19.2 Å². The topological polar surface area (TPSA) is 122 Å². The first-order valence-corrected chi connectivity index (χ1v) is 10.1. The number of ketones is 1. The zero-order valence-corrected chi connectivity index (χ0v) is 18.9. The van der Waals surface area contributed by atoms with E-state index in [0.717, 1.165) is 30.4 Å². The molecular weight excluding hydrogens is 468 g/mol. The van der Waals surface area contributed by atoms with Crippen molar-refractivity contribution in [2.45, 2.75) is 0 Å². The summed E-state index contributed by atoms with van der Waals surface area (Å²) in [5.41, 5.74) is 0.290. The van der Waals surface area contributed by atoms with Gasteiger partial charge in [0, 0.05) is 47.6 Å². The van der Waals surface area contributed by atoms with Crippen molar-refractivity contribution in [3.05, 3.63) is 104 Å². The number of hydrogen-bond acceptors (Lipinski definition) is 9. The van der Waals surface area contributed by atoms with Crippen molar-refractivity contribution < 1.29 is 42.9 Å². The van der Waals surface area contributed by atoms with E-state index in [-0.39, 0.29) is 34.1 Å². The second-order valence-corrected chi connectivity index (χ2v) is 6.59. The highest BCUT2D eigenvalue weighted by molar-refractivity contribution is 6.07. The van der Waals surface area contributed by atoms with Gasteiger partial charge in [-0.15, -0.1) is 0 Å². The summed E-state index contributed by atoms with van der Waals surface area (Å²) in [6.07, 6.45) is 6.22. The van der Waals surface area contributed by atoms with Crippen LogP contribution in [0.25, 0.3) is 6.08 Å². The Bertz CT molecular complexity index is 1260. The van der Waals surface area contributed by atoms with Gasteiger partial charge in [-0.1, -0.05) is 26.3 Å². The van der Waals surface area contributed by atoms with Crippen molar-refractivity contribution in [2.24, 2.45) is 0 Å². The summed E-state index contributed by atoms with van der Waals surface area (Å²) in [7, 11) is 0. The summed E-state index contributed by atoms with van der Waals surface area (Å²) in [4.78, 5) is 59.2. The third-order valence-electron chi connectivity index (χ3n) is 4.10. The molecule has 0 amide bonds. The average Bonchev–Trinajstić information content (AvgIpc) is 2.87. The maximum Gasteiger partial charge on any atom is 0.335 e. The van der Waals surface area contributed by atoms with Gasteiger partial charge in [0.15, 0.2) is 5.78 Å². The Hall–Kier alpha value is -5.31. The lowest BCUT2D eigenvalue weighted by Gasteiger charge is -2.09. The molecule has 0 bridgehead atoms. The molecule has 0 spiro atoms. The van der Waals surface area contributed by atoms with Crippen molar-refractivity contribution in [3.63, 3.8) is 0 Å². The van der Waals surface area contributed by atoms with Crippen molar-refractivity contribution in [2.75, 3.05) is 0 Å². The van der Waals surface area contributed by atoms with Gasteiger partial charge >= 0.3 is 23.9 Å². The maximum absolute atomic E-state index is 12.9. The summed E-state index contributed by atoms with van der Waals surface area (Å²) in [5.74, 6) is -3.75. The van der Waals surface area contributed by atoms with Crippen molar-refractivity contribution in [3.8, 4) is 23.0 Å². The Balaban J connectivity index is 2.42. The summed E-state index contributed by atoms with van der Waals surface area (Å²) >= 11 is 0. The van der Waals surface area contributed by atoms with Crippen LogP contribution < -0.4 is 18.9 Å². The molecule has 0 saturated heterocycles. The summed E-state index contributed by atoms with van der Waals surface area (Å²) in [5, 5.41) is 0. The molecular formula is C27H20O9. The first-order chi connectivity index (χ1) is 17.2. The normalized spacial score (nSPS) is 10.0. The van der Waals surface area contributed by atoms with E-state index in [1.165, 1.54) is 42.5 Å². The highest BCUT2D eigenvalue weighted by Crippen LogP contribution is 2.28. The Morgan fingerprint density at radius 2 is 1.06 bits per heavy atom. The fraction of sp³-hybridized carbons (Fsp3) is 0. The molecule has 0 heterocycles. The molecule has 0 aliphatic carbocycles. The van der Waals surface area contributed by atoms with Crippen LogP contribution in [0.1, 0.15) is 15.9 Å². The van der Waals surface area contributed by atoms with Gasteiger partial charge in [-0.2, -0.15) is 0 Å². The fourth-order valence-corrected chi connectivity index (χ4v) is 2.52. The van der Waals surface area contributed by atoms with Crippen LogP contribution in [0.2, 0.25) is 0 Å². The zero-order valence-electron chi connectivity index (χ0n) is 18.9. The molecule has 0 saturated carbocycles. The molecule has 0 aliphatic heterocycles. The first-order valence-electron chi connectivity index (χ1n) is 10.1. The molecule has 2 rings (SSSR count). The predicted molar refractivity (Wildman–Crippen MR) is 130 cm³/mol. The van der Waals surface area contributed by atoms with Crippen molar-refractivity contribution in [1.82, 2.24) is 0 Å². The van der Waals surface area contributed by atoms with E-state index in [0.29, 0.717) is 0 Å². The molecule has 9 heteroatoms. The number of esters is 4. The summed E-state index contributed by atoms with van der Waals surface area (Å²) in [6, 6.07) is 7.89. The van der Waals surface area contributed by atoms with Crippen LogP contribution >= 0.6 is 0 Å². The highest BCUT2D eigenvalue weighted by Gasteiger charge is 2.13. The van der Waals surface area contributed by atoms with Crippen LogP contribution in [0.15, 0.2) is 93.1 Å². The van der Waals surface area contributed by atoms with Crippen LogP contribution in [-0.4, -0.2) is 29.7 Å². The molecule has 0 fully saturated rings. The van der Waals surface area contributed by atoms with Gasteiger partial charge in [0.25, 0.3) is 0 Å². The number of carbonyl (C=O) groups is 5. The average molecular weight is 488 g/mol. The second-order valence-electron chi connectivity index (χ2n) is 6.59. The molecule has 0 unspecified atom stereocenters. The van der Waals surface area contributed by atoms with Crippen LogP contribution in [0.3, 0.4) is 0 Å². The van der Waals surface area contributed by atoms with Gasteiger partial charge in [0.2, 0.25) is 0 Å². The Labute approximate surface area is 206 Å². The van der Waals surface area contributed by atoms with E-state index in [2.05, 4.69) is 26.3 Å². The number of carbonyl (C=O) groups excluding carboxylic acids is 5. The number of ether oxygens (including phenoxy) is 4. The molecule has 182 valence electrons. The first kappa shape index (κ1) is 26.9. The monoisotopic (exact) mass is 488 g/mol. The summed E-state index contributed by atoms with van der Waals surface area (Å²) in [6.45, 7) is 13.2. The molecule has 2 aromatic rings. The lowest BCUT2D eigenvalue weighted by Crippen LogP contribution is -2.08. The van der Waals surface area contributed by atoms with Crippen molar-refractivity contribution >= 4 is 35.7 Å². The number of hydrogen-bond donors (Lipinski definition) is 0. The number of benzene rings is 2. The van der Waals surface area contributed by atoms with Gasteiger partial charge in [0.1, 0.15) is 23.0 Å². The fourth-order valence-electron chi connectivity index (χ4n) is 2.52. The molecule has 0 aromatic heterocycles. The number of rotatable bonds is 11. The van der Waals surface area contributed by atoms with Gasteiger partial charge in [0.05, 0.1) is 0 Å². The van der Waals surface area contributed by atoms with E-state index >= 15 is 0 Å². The molecule has 2 aromatic carbocycles. The van der Waals surface area contributed by atoms with Crippen molar-refractivity contribution in [1.29, 1.82) is 0 Å². The van der Waals surface area contributed by atoms with Gasteiger partial charge < -0.3 is 18.9 Å². The predicted octanol–water partition coefficient (Wildman–Crippen LogP) is 3.95. The molecule has 9 nitrogen and oxygen atoms in total. The highest BCUT2D eigenvalue weighted by atomic mass is 16.6. The molecule has 0 N–H and O–H groups in total. The lowest BCUT2D eigenvalue weighted by atomic mass is 10.1. The third kappa shape index (κ3) is 7.92. The quantitative estimate of drug-likeness (QED) is 0.200. The minimum Gasteiger partial charge on any atom is -0.423 e. The van der Waals surface area contributed by atoms with E-state index in [1.807, 2.05) is 0 Å². The Kier molecular flexibility index (Phi) is 9.58. The van der Waals surface area contributed by atoms with Gasteiger partial charge in [-0.3, -0.25) is 4.79 Å². The minimum absolute atomic E-state index is 0.00800. The molecule has 0 radical (unpaired) electrons. The summed E-state index contributed by atoms with van der Waals surface area (Å²) < 4.78 is 20.3. The lowest BCUT2D eigenvalue weighted by molar-refractivity contribution is -0.130. The van der Waals surface area contributed by atoms with E-state index in [9.17, 15) is 24.0 Å². The maximum atomic E-state index is 12.9. The SMILES string of the molecule is C=CC(=O)Oc1cc(OC(=O)C=C)cc(C(=O)C=Cc2ccc(OC(=O)C=C)cc2OC(=O)C=C)c1. The van der Waals surface area contributed by atoms with Crippen LogP contribution in [0.4, 0.5) is 0 Å². The van der Waals surface area contributed by atoms with Crippen LogP contribution in [-0.2, 0) is 19.2 Å². The second kappa shape index (κ2) is 12.8. The molecule has 0 atom stereocenters. The Morgan fingerprint density at radius 1 is 0.583 bits per heavy atom. The minimum atomic E-state index is -0.790.